The van der Waals surface area contributed by atoms with Gasteiger partial charge in [-0.3, -0.25) is 0 Å². The molecule has 0 aliphatic carbocycles. The SMILES string of the molecule is C[C@@H]1CN(c2ccc(C#N)n3nccc23)C[C@H](CO)O1. The number of rotatable bonds is 2. The molecule has 0 radical (unpaired) electrons. The van der Waals surface area contributed by atoms with Crippen LogP contribution in [0.2, 0.25) is 0 Å². The second-order valence-electron chi connectivity index (χ2n) is 5.00. The van der Waals surface area contributed by atoms with Gasteiger partial charge >= 0.3 is 0 Å². The molecule has 0 spiro atoms. The molecule has 1 fully saturated rings. The van der Waals surface area contributed by atoms with Gasteiger partial charge in [-0.15, -0.1) is 0 Å². The van der Waals surface area contributed by atoms with E-state index < -0.39 is 0 Å². The Morgan fingerprint density at radius 2 is 2.30 bits per heavy atom. The van der Waals surface area contributed by atoms with E-state index in [-0.39, 0.29) is 18.8 Å². The van der Waals surface area contributed by atoms with Crippen molar-refractivity contribution in [2.75, 3.05) is 24.6 Å². The summed E-state index contributed by atoms with van der Waals surface area (Å²) in [6, 6.07) is 7.73. The van der Waals surface area contributed by atoms with Gasteiger partial charge < -0.3 is 14.7 Å². The van der Waals surface area contributed by atoms with Crippen LogP contribution in [0.1, 0.15) is 12.6 Å². The minimum atomic E-state index is -0.183. The number of fused-ring (bicyclic) bond motifs is 1. The zero-order chi connectivity index (χ0) is 14.1. The number of aromatic nitrogens is 2. The Kier molecular flexibility index (Phi) is 3.30. The minimum absolute atomic E-state index is 0.00661. The first-order valence-corrected chi connectivity index (χ1v) is 6.61. The van der Waals surface area contributed by atoms with Gasteiger partial charge in [-0.2, -0.15) is 10.4 Å². The van der Waals surface area contributed by atoms with E-state index in [1.165, 1.54) is 0 Å². The van der Waals surface area contributed by atoms with E-state index in [4.69, 9.17) is 10.00 Å². The van der Waals surface area contributed by atoms with Crippen LogP contribution >= 0.6 is 0 Å². The average molecular weight is 272 g/mol. The fraction of sp³-hybridized carbons (Fsp3) is 0.429. The predicted octanol–water partition coefficient (Wildman–Crippen LogP) is 0.792. The highest BCUT2D eigenvalue weighted by Crippen LogP contribution is 2.26. The van der Waals surface area contributed by atoms with Gasteiger partial charge in [0.2, 0.25) is 0 Å². The zero-order valence-electron chi connectivity index (χ0n) is 11.2. The van der Waals surface area contributed by atoms with E-state index in [0.717, 1.165) is 17.7 Å². The molecule has 2 aromatic rings. The third-order valence-electron chi connectivity index (χ3n) is 3.52. The molecule has 6 nitrogen and oxygen atoms in total. The Morgan fingerprint density at radius 1 is 1.45 bits per heavy atom. The third kappa shape index (κ3) is 2.11. The molecule has 2 atom stereocenters. The number of ether oxygens (including phenoxy) is 1. The van der Waals surface area contributed by atoms with Gasteiger partial charge in [0.05, 0.1) is 36.2 Å². The number of hydrogen-bond donors (Lipinski definition) is 1. The van der Waals surface area contributed by atoms with Crippen LogP contribution in [-0.4, -0.2) is 46.6 Å². The number of morpholine rings is 1. The van der Waals surface area contributed by atoms with E-state index in [9.17, 15) is 5.11 Å². The molecule has 1 saturated heterocycles. The molecule has 1 aliphatic heterocycles. The van der Waals surface area contributed by atoms with Crippen LogP contribution < -0.4 is 4.90 Å². The highest BCUT2D eigenvalue weighted by Gasteiger charge is 2.26. The summed E-state index contributed by atoms with van der Waals surface area (Å²) in [7, 11) is 0. The summed E-state index contributed by atoms with van der Waals surface area (Å²) in [5, 5.41) is 22.6. The van der Waals surface area contributed by atoms with Crippen molar-refractivity contribution < 1.29 is 9.84 Å². The van der Waals surface area contributed by atoms with Crippen LogP contribution in [0.25, 0.3) is 5.52 Å². The minimum Gasteiger partial charge on any atom is -0.394 e. The number of aliphatic hydroxyl groups is 1. The molecule has 2 aromatic heterocycles. The number of hydrogen-bond acceptors (Lipinski definition) is 5. The largest absolute Gasteiger partial charge is 0.394 e. The van der Waals surface area contributed by atoms with Crippen LogP contribution in [0.4, 0.5) is 5.69 Å². The number of aliphatic hydroxyl groups excluding tert-OH is 1. The van der Waals surface area contributed by atoms with E-state index >= 15 is 0 Å². The second-order valence-corrected chi connectivity index (χ2v) is 5.00. The first-order chi connectivity index (χ1) is 9.72. The van der Waals surface area contributed by atoms with Gasteiger partial charge in [0.1, 0.15) is 11.8 Å². The maximum absolute atomic E-state index is 9.32. The Bertz CT molecular complexity index is 661. The fourth-order valence-corrected chi connectivity index (χ4v) is 2.70. The molecule has 0 saturated carbocycles. The molecular formula is C14H16N4O2. The van der Waals surface area contributed by atoms with E-state index in [1.807, 2.05) is 19.1 Å². The van der Waals surface area contributed by atoms with Gasteiger partial charge in [-0.05, 0) is 25.1 Å². The number of nitriles is 1. The molecule has 3 heterocycles. The molecule has 0 unspecified atom stereocenters. The van der Waals surface area contributed by atoms with Crippen LogP contribution in [-0.2, 0) is 4.74 Å². The summed E-state index contributed by atoms with van der Waals surface area (Å²) in [6.07, 6.45) is 1.56. The summed E-state index contributed by atoms with van der Waals surface area (Å²) in [5.41, 5.74) is 2.42. The normalized spacial score (nSPS) is 22.9. The second kappa shape index (κ2) is 5.12. The summed E-state index contributed by atoms with van der Waals surface area (Å²) < 4.78 is 7.30. The molecule has 0 bridgehead atoms. The maximum Gasteiger partial charge on any atom is 0.142 e. The van der Waals surface area contributed by atoms with Crippen molar-refractivity contribution in [3.8, 4) is 6.07 Å². The van der Waals surface area contributed by atoms with Crippen molar-refractivity contribution in [2.24, 2.45) is 0 Å². The van der Waals surface area contributed by atoms with E-state index in [0.29, 0.717) is 12.2 Å². The van der Waals surface area contributed by atoms with Crippen molar-refractivity contribution in [3.05, 3.63) is 30.1 Å². The zero-order valence-corrected chi connectivity index (χ0v) is 11.2. The monoisotopic (exact) mass is 272 g/mol. The molecule has 20 heavy (non-hydrogen) atoms. The van der Waals surface area contributed by atoms with Crippen LogP contribution in [0.3, 0.4) is 0 Å². The molecule has 6 heteroatoms. The van der Waals surface area contributed by atoms with Crippen molar-refractivity contribution >= 4 is 11.2 Å². The van der Waals surface area contributed by atoms with Crippen LogP contribution in [0.15, 0.2) is 24.4 Å². The van der Waals surface area contributed by atoms with E-state index in [1.54, 1.807) is 16.8 Å². The average Bonchev–Trinajstić information content (AvgIpc) is 2.94. The first-order valence-electron chi connectivity index (χ1n) is 6.61. The van der Waals surface area contributed by atoms with Crippen molar-refractivity contribution in [1.29, 1.82) is 5.26 Å². The number of nitrogens with zero attached hydrogens (tertiary/aromatic N) is 4. The van der Waals surface area contributed by atoms with Crippen molar-refractivity contribution in [2.45, 2.75) is 19.1 Å². The molecule has 1 N–H and O–H groups in total. The quantitative estimate of drug-likeness (QED) is 0.875. The maximum atomic E-state index is 9.32. The van der Waals surface area contributed by atoms with Crippen molar-refractivity contribution in [1.82, 2.24) is 9.61 Å². The summed E-state index contributed by atoms with van der Waals surface area (Å²) in [5.74, 6) is 0. The lowest BCUT2D eigenvalue weighted by Crippen LogP contribution is -2.48. The van der Waals surface area contributed by atoms with E-state index in [2.05, 4.69) is 16.1 Å². The fourth-order valence-electron chi connectivity index (χ4n) is 2.70. The third-order valence-corrected chi connectivity index (χ3v) is 3.52. The van der Waals surface area contributed by atoms with Crippen molar-refractivity contribution in [3.63, 3.8) is 0 Å². The molecule has 3 rings (SSSR count). The van der Waals surface area contributed by atoms with Gasteiger partial charge in [0.25, 0.3) is 0 Å². The standard InChI is InChI=1S/C14H16N4O2/c1-10-7-17(8-12(9-19)20-10)13-3-2-11(6-15)18-14(13)4-5-16-18/h2-5,10,12,19H,7-9H2,1H3/t10-,12-/m1/s1. The molecule has 0 aromatic carbocycles. The predicted molar refractivity (Wildman–Crippen MR) is 73.5 cm³/mol. The lowest BCUT2D eigenvalue weighted by Gasteiger charge is -2.37. The van der Waals surface area contributed by atoms with Crippen LogP contribution in [0, 0.1) is 11.3 Å². The lowest BCUT2D eigenvalue weighted by atomic mass is 10.2. The van der Waals surface area contributed by atoms with Gasteiger partial charge in [0, 0.05) is 13.1 Å². The first kappa shape index (κ1) is 12.9. The Morgan fingerprint density at radius 3 is 3.05 bits per heavy atom. The smallest absolute Gasteiger partial charge is 0.142 e. The lowest BCUT2D eigenvalue weighted by molar-refractivity contribution is -0.0420. The molecule has 1 aliphatic rings. The molecule has 104 valence electrons. The molecule has 0 amide bonds. The molecular weight excluding hydrogens is 256 g/mol. The highest BCUT2D eigenvalue weighted by atomic mass is 16.5. The Labute approximate surface area is 116 Å². The summed E-state index contributed by atoms with van der Waals surface area (Å²) >= 11 is 0. The summed E-state index contributed by atoms with van der Waals surface area (Å²) in [4.78, 5) is 2.17. The van der Waals surface area contributed by atoms with Gasteiger partial charge in [-0.1, -0.05) is 0 Å². The Hall–Kier alpha value is -2.10. The topological polar surface area (TPSA) is 73.8 Å². The van der Waals surface area contributed by atoms with Crippen LogP contribution in [0.5, 0.6) is 0 Å². The number of pyridine rings is 1. The Balaban J connectivity index is 2.02. The van der Waals surface area contributed by atoms with Gasteiger partial charge in [0.15, 0.2) is 0 Å². The highest BCUT2D eigenvalue weighted by molar-refractivity contribution is 5.74. The number of anilines is 1. The summed E-state index contributed by atoms with van der Waals surface area (Å²) in [6.45, 7) is 3.38. The van der Waals surface area contributed by atoms with Gasteiger partial charge in [-0.25, -0.2) is 4.52 Å².